The number of rotatable bonds is 3. The first-order valence-electron chi connectivity index (χ1n) is 4.81. The maximum absolute atomic E-state index is 11.3. The van der Waals surface area contributed by atoms with Gasteiger partial charge in [-0.15, -0.1) is 0 Å². The van der Waals surface area contributed by atoms with E-state index in [-0.39, 0.29) is 6.61 Å². The standard InChI is InChI=1S/C9H15NO5/c1-3-14-7(12)6(11)9(2)4-5-10-8(13)15-9/h6,11H,3-5H2,1-2H3,(H,10,13)/t6-,9+/m1/s1. The third kappa shape index (κ3) is 2.59. The quantitative estimate of drug-likeness (QED) is 0.639. The number of carbonyl (C=O) groups excluding carboxylic acids is 2. The molecule has 0 aromatic heterocycles. The zero-order valence-corrected chi connectivity index (χ0v) is 8.78. The van der Waals surface area contributed by atoms with E-state index in [9.17, 15) is 14.7 Å². The van der Waals surface area contributed by atoms with Gasteiger partial charge in [-0.1, -0.05) is 0 Å². The Morgan fingerprint density at radius 1 is 1.80 bits per heavy atom. The zero-order valence-electron chi connectivity index (χ0n) is 8.78. The molecule has 0 aliphatic carbocycles. The molecule has 1 fully saturated rings. The third-order valence-corrected chi connectivity index (χ3v) is 2.30. The van der Waals surface area contributed by atoms with Gasteiger partial charge in [0.15, 0.2) is 6.10 Å². The highest BCUT2D eigenvalue weighted by molar-refractivity contribution is 5.77. The molecule has 1 rings (SSSR count). The van der Waals surface area contributed by atoms with Crippen LogP contribution in [0.3, 0.4) is 0 Å². The number of nitrogens with one attached hydrogen (secondary N) is 1. The summed E-state index contributed by atoms with van der Waals surface area (Å²) in [6.45, 7) is 3.69. The largest absolute Gasteiger partial charge is 0.464 e. The SMILES string of the molecule is CCOC(=O)[C@@H](O)[C@]1(C)CCNC(=O)O1. The summed E-state index contributed by atoms with van der Waals surface area (Å²) < 4.78 is 9.56. The Morgan fingerprint density at radius 2 is 2.47 bits per heavy atom. The second kappa shape index (κ2) is 4.48. The molecule has 0 aromatic rings. The predicted molar refractivity (Wildman–Crippen MR) is 50.1 cm³/mol. The van der Waals surface area contributed by atoms with Gasteiger partial charge in [0.1, 0.15) is 5.60 Å². The monoisotopic (exact) mass is 217 g/mol. The number of hydrogen-bond acceptors (Lipinski definition) is 5. The van der Waals surface area contributed by atoms with Gasteiger partial charge in [-0.25, -0.2) is 9.59 Å². The number of alkyl carbamates (subject to hydrolysis) is 1. The highest BCUT2D eigenvalue weighted by atomic mass is 16.6. The van der Waals surface area contributed by atoms with Crippen molar-refractivity contribution in [1.82, 2.24) is 5.32 Å². The fourth-order valence-electron chi connectivity index (χ4n) is 1.37. The average Bonchev–Trinajstić information content (AvgIpc) is 2.16. The molecule has 1 heterocycles. The van der Waals surface area contributed by atoms with Gasteiger partial charge in [0.05, 0.1) is 6.61 Å². The summed E-state index contributed by atoms with van der Waals surface area (Å²) in [5.74, 6) is -0.769. The van der Waals surface area contributed by atoms with Crippen LogP contribution in [0.4, 0.5) is 4.79 Å². The van der Waals surface area contributed by atoms with E-state index in [0.29, 0.717) is 13.0 Å². The highest BCUT2D eigenvalue weighted by Crippen LogP contribution is 2.24. The molecule has 0 saturated carbocycles. The lowest BCUT2D eigenvalue weighted by molar-refractivity contribution is -0.169. The van der Waals surface area contributed by atoms with Gasteiger partial charge in [-0.3, -0.25) is 0 Å². The van der Waals surface area contributed by atoms with Crippen molar-refractivity contribution in [2.75, 3.05) is 13.2 Å². The van der Waals surface area contributed by atoms with Crippen LogP contribution >= 0.6 is 0 Å². The average molecular weight is 217 g/mol. The maximum Gasteiger partial charge on any atom is 0.407 e. The lowest BCUT2D eigenvalue weighted by atomic mass is 9.94. The van der Waals surface area contributed by atoms with Crippen molar-refractivity contribution in [3.8, 4) is 0 Å². The Bertz CT molecular complexity index is 267. The summed E-state index contributed by atoms with van der Waals surface area (Å²) in [6, 6.07) is 0. The minimum absolute atomic E-state index is 0.179. The Kier molecular flexibility index (Phi) is 3.52. The first-order valence-corrected chi connectivity index (χ1v) is 4.81. The minimum atomic E-state index is -1.44. The molecule has 1 aliphatic rings. The van der Waals surface area contributed by atoms with Crippen LogP contribution in [0.15, 0.2) is 0 Å². The normalized spacial score (nSPS) is 27.5. The van der Waals surface area contributed by atoms with Crippen molar-refractivity contribution in [2.24, 2.45) is 0 Å². The fraction of sp³-hybridized carbons (Fsp3) is 0.778. The van der Waals surface area contributed by atoms with Crippen molar-refractivity contribution >= 4 is 12.1 Å². The van der Waals surface area contributed by atoms with Crippen molar-refractivity contribution in [3.63, 3.8) is 0 Å². The van der Waals surface area contributed by atoms with Gasteiger partial charge in [-0.2, -0.15) is 0 Å². The molecule has 0 aromatic carbocycles. The Morgan fingerprint density at radius 3 is 3.00 bits per heavy atom. The van der Waals surface area contributed by atoms with Crippen molar-refractivity contribution in [2.45, 2.75) is 32.0 Å². The molecule has 0 bridgehead atoms. The topological polar surface area (TPSA) is 84.9 Å². The van der Waals surface area contributed by atoms with Gasteiger partial charge in [-0.05, 0) is 13.8 Å². The van der Waals surface area contributed by atoms with Gasteiger partial charge in [0.25, 0.3) is 0 Å². The van der Waals surface area contributed by atoms with Gasteiger partial charge >= 0.3 is 12.1 Å². The molecule has 1 amide bonds. The molecule has 0 unspecified atom stereocenters. The summed E-state index contributed by atoms with van der Waals surface area (Å²) in [5.41, 5.74) is -1.20. The van der Waals surface area contributed by atoms with Crippen LogP contribution in [-0.4, -0.2) is 42.0 Å². The Labute approximate surface area is 87.5 Å². The minimum Gasteiger partial charge on any atom is -0.464 e. The molecule has 86 valence electrons. The second-order valence-electron chi connectivity index (χ2n) is 3.53. The number of aliphatic hydroxyl groups is 1. The molecule has 0 spiro atoms. The number of amides is 1. The van der Waals surface area contributed by atoms with Crippen LogP contribution in [0.25, 0.3) is 0 Å². The highest BCUT2D eigenvalue weighted by Gasteiger charge is 2.44. The number of carbonyl (C=O) groups is 2. The molecule has 1 saturated heterocycles. The third-order valence-electron chi connectivity index (χ3n) is 2.30. The number of hydrogen-bond donors (Lipinski definition) is 2. The van der Waals surface area contributed by atoms with Crippen molar-refractivity contribution < 1.29 is 24.2 Å². The van der Waals surface area contributed by atoms with Crippen LogP contribution in [0.5, 0.6) is 0 Å². The van der Waals surface area contributed by atoms with Crippen molar-refractivity contribution in [3.05, 3.63) is 0 Å². The lowest BCUT2D eigenvalue weighted by Gasteiger charge is -2.35. The zero-order chi connectivity index (χ0) is 11.5. The van der Waals surface area contributed by atoms with Crippen LogP contribution in [0, 0.1) is 0 Å². The number of aliphatic hydroxyl groups excluding tert-OH is 1. The van der Waals surface area contributed by atoms with E-state index < -0.39 is 23.8 Å². The second-order valence-corrected chi connectivity index (χ2v) is 3.53. The van der Waals surface area contributed by atoms with E-state index in [1.165, 1.54) is 6.92 Å². The predicted octanol–water partition coefficient (Wildman–Crippen LogP) is -0.201. The number of cyclic esters (lactones) is 1. The maximum atomic E-state index is 11.3. The fourth-order valence-corrected chi connectivity index (χ4v) is 1.37. The Hall–Kier alpha value is -1.30. The summed E-state index contributed by atoms with van der Waals surface area (Å²) in [7, 11) is 0. The Balaban J connectivity index is 2.67. The lowest BCUT2D eigenvalue weighted by Crippen LogP contribution is -2.55. The van der Waals surface area contributed by atoms with E-state index in [1.807, 2.05) is 0 Å². The molecule has 6 nitrogen and oxygen atoms in total. The number of esters is 1. The summed E-state index contributed by atoms with van der Waals surface area (Å²) in [6.07, 6.45) is -1.71. The summed E-state index contributed by atoms with van der Waals surface area (Å²) in [5, 5.41) is 12.1. The molecule has 2 atom stereocenters. The van der Waals surface area contributed by atoms with Gasteiger partial charge < -0.3 is 19.9 Å². The van der Waals surface area contributed by atoms with E-state index in [1.54, 1.807) is 6.92 Å². The van der Waals surface area contributed by atoms with E-state index in [2.05, 4.69) is 10.1 Å². The summed E-state index contributed by atoms with van der Waals surface area (Å²) >= 11 is 0. The van der Waals surface area contributed by atoms with Crippen LogP contribution in [0.1, 0.15) is 20.3 Å². The molecule has 2 N–H and O–H groups in total. The smallest absolute Gasteiger partial charge is 0.407 e. The van der Waals surface area contributed by atoms with Gasteiger partial charge in [0.2, 0.25) is 0 Å². The van der Waals surface area contributed by atoms with E-state index in [4.69, 9.17) is 4.74 Å². The number of ether oxygens (including phenoxy) is 2. The summed E-state index contributed by atoms with van der Waals surface area (Å²) in [4.78, 5) is 22.2. The van der Waals surface area contributed by atoms with Crippen LogP contribution < -0.4 is 5.32 Å². The molecular formula is C9H15NO5. The molecule has 15 heavy (non-hydrogen) atoms. The molecule has 0 radical (unpaired) electrons. The first-order chi connectivity index (χ1) is 6.99. The molecular weight excluding hydrogens is 202 g/mol. The van der Waals surface area contributed by atoms with Crippen molar-refractivity contribution in [1.29, 1.82) is 0 Å². The van der Waals surface area contributed by atoms with Gasteiger partial charge in [0, 0.05) is 13.0 Å². The van der Waals surface area contributed by atoms with Crippen LogP contribution in [0.2, 0.25) is 0 Å². The van der Waals surface area contributed by atoms with E-state index in [0.717, 1.165) is 0 Å². The first kappa shape index (κ1) is 11.8. The molecule has 1 aliphatic heterocycles. The molecule has 6 heteroatoms. The van der Waals surface area contributed by atoms with Crippen LogP contribution in [-0.2, 0) is 14.3 Å². The van der Waals surface area contributed by atoms with E-state index >= 15 is 0 Å².